The fraction of sp³-hybridized carbons (Fsp3) is 0.417. The van der Waals surface area contributed by atoms with Crippen LogP contribution in [-0.4, -0.2) is 47.3 Å². The summed E-state index contributed by atoms with van der Waals surface area (Å²) in [4.78, 5) is 13.1. The predicted molar refractivity (Wildman–Crippen MR) is 62.9 cm³/mol. The van der Waals surface area contributed by atoms with E-state index in [1.54, 1.807) is 4.90 Å². The van der Waals surface area contributed by atoms with Crippen molar-refractivity contribution in [2.24, 2.45) is 0 Å². The van der Waals surface area contributed by atoms with Crippen molar-refractivity contribution in [3.8, 4) is 5.75 Å². The molecule has 1 aliphatic heterocycles. The van der Waals surface area contributed by atoms with Crippen molar-refractivity contribution in [3.63, 3.8) is 0 Å². The van der Waals surface area contributed by atoms with Crippen LogP contribution < -0.4 is 5.32 Å². The van der Waals surface area contributed by atoms with Crippen molar-refractivity contribution in [2.45, 2.75) is 6.04 Å². The van der Waals surface area contributed by atoms with Gasteiger partial charge in [0.2, 0.25) is 0 Å². The van der Waals surface area contributed by atoms with Crippen molar-refractivity contribution in [1.29, 1.82) is 0 Å². The molecular formula is C12H15FN2O3. The van der Waals surface area contributed by atoms with Gasteiger partial charge in [0.1, 0.15) is 17.6 Å². The largest absolute Gasteiger partial charge is 0.508 e. The molecule has 1 aromatic rings. The Morgan fingerprint density at radius 2 is 2.00 bits per heavy atom. The van der Waals surface area contributed by atoms with E-state index < -0.39 is 17.8 Å². The number of nitrogens with one attached hydrogen (secondary N) is 1. The molecule has 0 radical (unpaired) electrons. The van der Waals surface area contributed by atoms with Gasteiger partial charge in [-0.15, -0.1) is 0 Å². The van der Waals surface area contributed by atoms with E-state index in [9.17, 15) is 19.4 Å². The summed E-state index contributed by atoms with van der Waals surface area (Å²) in [7, 11) is 0. The molecule has 6 heteroatoms. The van der Waals surface area contributed by atoms with Gasteiger partial charge < -0.3 is 15.5 Å². The first kappa shape index (κ1) is 12.8. The number of nitrogens with zero attached hydrogens (tertiary/aromatic N) is 1. The summed E-state index contributed by atoms with van der Waals surface area (Å²) >= 11 is 0. The number of halogens is 1. The van der Waals surface area contributed by atoms with Crippen LogP contribution in [0.4, 0.5) is 4.39 Å². The molecule has 1 heterocycles. The zero-order valence-corrected chi connectivity index (χ0v) is 9.77. The summed E-state index contributed by atoms with van der Waals surface area (Å²) in [6.07, 6.45) is 0. The van der Waals surface area contributed by atoms with Crippen LogP contribution >= 0.6 is 0 Å². The molecule has 1 aromatic carbocycles. The lowest BCUT2D eigenvalue weighted by Crippen LogP contribution is -2.47. The van der Waals surface area contributed by atoms with Crippen molar-refractivity contribution in [1.82, 2.24) is 10.2 Å². The Morgan fingerprint density at radius 3 is 2.56 bits per heavy atom. The minimum atomic E-state index is -1.04. The number of carboxylic acids is 1. The van der Waals surface area contributed by atoms with Gasteiger partial charge in [-0.3, -0.25) is 9.69 Å². The van der Waals surface area contributed by atoms with E-state index in [-0.39, 0.29) is 11.3 Å². The Labute approximate surface area is 104 Å². The van der Waals surface area contributed by atoms with Crippen LogP contribution in [0, 0.1) is 5.82 Å². The molecule has 5 nitrogen and oxygen atoms in total. The van der Waals surface area contributed by atoms with Crippen LogP contribution in [0.25, 0.3) is 0 Å². The Kier molecular flexibility index (Phi) is 3.78. The second-order valence-corrected chi connectivity index (χ2v) is 4.27. The standard InChI is InChI=1S/C12H15FN2O3/c13-9-5-8(6-10(16)7-9)11(12(17)18)15-3-1-14-2-4-15/h5-7,11,14,16H,1-4H2,(H,17,18). The van der Waals surface area contributed by atoms with E-state index in [0.29, 0.717) is 26.2 Å². The summed E-state index contributed by atoms with van der Waals surface area (Å²) < 4.78 is 13.2. The van der Waals surface area contributed by atoms with Crippen LogP contribution in [0.15, 0.2) is 18.2 Å². The van der Waals surface area contributed by atoms with Gasteiger partial charge in [0.15, 0.2) is 0 Å². The average molecular weight is 254 g/mol. The summed E-state index contributed by atoms with van der Waals surface area (Å²) in [5, 5.41) is 21.8. The number of hydrogen-bond donors (Lipinski definition) is 3. The Balaban J connectivity index is 2.31. The van der Waals surface area contributed by atoms with Gasteiger partial charge >= 0.3 is 5.97 Å². The molecule has 1 unspecified atom stereocenters. The number of hydrogen-bond acceptors (Lipinski definition) is 4. The lowest BCUT2D eigenvalue weighted by molar-refractivity contribution is -0.143. The van der Waals surface area contributed by atoms with Crippen LogP contribution in [0.1, 0.15) is 11.6 Å². The van der Waals surface area contributed by atoms with Crippen LogP contribution in [-0.2, 0) is 4.79 Å². The van der Waals surface area contributed by atoms with E-state index in [0.717, 1.165) is 12.1 Å². The number of phenolic OH excluding ortho intramolecular Hbond substituents is 1. The molecule has 18 heavy (non-hydrogen) atoms. The van der Waals surface area contributed by atoms with E-state index in [1.807, 2.05) is 0 Å². The number of aliphatic carboxylic acids is 1. The first-order valence-electron chi connectivity index (χ1n) is 5.75. The number of carboxylic acid groups (broad SMARTS) is 1. The fourth-order valence-electron chi connectivity index (χ4n) is 2.20. The molecule has 0 saturated carbocycles. The van der Waals surface area contributed by atoms with E-state index in [4.69, 9.17) is 0 Å². The first-order chi connectivity index (χ1) is 8.58. The monoisotopic (exact) mass is 254 g/mol. The quantitative estimate of drug-likeness (QED) is 0.735. The molecule has 1 saturated heterocycles. The molecule has 1 atom stereocenters. The van der Waals surface area contributed by atoms with E-state index >= 15 is 0 Å². The Hall–Kier alpha value is -1.66. The Bertz CT molecular complexity index is 427. The van der Waals surface area contributed by atoms with Crippen molar-refractivity contribution in [3.05, 3.63) is 29.6 Å². The predicted octanol–water partition coefficient (Wildman–Crippen LogP) is 0.562. The summed E-state index contributed by atoms with van der Waals surface area (Å²) in [6.45, 7) is 2.55. The SMILES string of the molecule is O=C(O)C(c1cc(O)cc(F)c1)N1CCNCC1. The van der Waals surface area contributed by atoms with Gasteiger partial charge in [-0.2, -0.15) is 0 Å². The Morgan fingerprint density at radius 1 is 1.33 bits per heavy atom. The average Bonchev–Trinajstić information content (AvgIpc) is 2.28. The molecular weight excluding hydrogens is 239 g/mol. The summed E-state index contributed by atoms with van der Waals surface area (Å²) in [5.74, 6) is -1.93. The van der Waals surface area contributed by atoms with Crippen LogP contribution in [0.2, 0.25) is 0 Å². The molecule has 0 aromatic heterocycles. The van der Waals surface area contributed by atoms with E-state index in [2.05, 4.69) is 5.32 Å². The zero-order chi connectivity index (χ0) is 13.1. The highest BCUT2D eigenvalue weighted by Gasteiger charge is 2.29. The second-order valence-electron chi connectivity index (χ2n) is 4.27. The van der Waals surface area contributed by atoms with Crippen LogP contribution in [0.3, 0.4) is 0 Å². The van der Waals surface area contributed by atoms with Gasteiger partial charge in [-0.05, 0) is 17.7 Å². The number of carbonyl (C=O) groups is 1. The molecule has 0 aliphatic carbocycles. The smallest absolute Gasteiger partial charge is 0.325 e. The van der Waals surface area contributed by atoms with Crippen LogP contribution in [0.5, 0.6) is 5.75 Å². The van der Waals surface area contributed by atoms with Gasteiger partial charge in [0, 0.05) is 32.2 Å². The molecule has 3 N–H and O–H groups in total. The minimum Gasteiger partial charge on any atom is -0.508 e. The maximum atomic E-state index is 13.2. The van der Waals surface area contributed by atoms with E-state index in [1.165, 1.54) is 6.07 Å². The normalized spacial score (nSPS) is 18.5. The highest BCUT2D eigenvalue weighted by atomic mass is 19.1. The highest BCUT2D eigenvalue weighted by Crippen LogP contribution is 2.25. The number of piperazine rings is 1. The fourth-order valence-corrected chi connectivity index (χ4v) is 2.20. The molecule has 0 spiro atoms. The summed E-state index contributed by atoms with van der Waals surface area (Å²) in [5.41, 5.74) is 0.266. The lowest BCUT2D eigenvalue weighted by atomic mass is 10.0. The van der Waals surface area contributed by atoms with Gasteiger partial charge in [-0.25, -0.2) is 4.39 Å². The van der Waals surface area contributed by atoms with Gasteiger partial charge in [-0.1, -0.05) is 0 Å². The van der Waals surface area contributed by atoms with Crippen molar-refractivity contribution in [2.75, 3.05) is 26.2 Å². The third-order valence-electron chi connectivity index (χ3n) is 2.97. The first-order valence-corrected chi connectivity index (χ1v) is 5.75. The maximum absolute atomic E-state index is 13.2. The number of phenols is 1. The zero-order valence-electron chi connectivity index (χ0n) is 9.77. The molecule has 1 fully saturated rings. The number of rotatable bonds is 3. The molecule has 0 bridgehead atoms. The highest BCUT2D eigenvalue weighted by molar-refractivity contribution is 5.75. The topological polar surface area (TPSA) is 72.8 Å². The third-order valence-corrected chi connectivity index (χ3v) is 2.97. The third kappa shape index (κ3) is 2.77. The maximum Gasteiger partial charge on any atom is 0.325 e. The number of aromatic hydroxyl groups is 1. The van der Waals surface area contributed by atoms with Crippen molar-refractivity contribution < 1.29 is 19.4 Å². The molecule has 2 rings (SSSR count). The number of benzene rings is 1. The second kappa shape index (κ2) is 5.32. The van der Waals surface area contributed by atoms with Gasteiger partial charge in [0.25, 0.3) is 0 Å². The molecule has 1 aliphatic rings. The van der Waals surface area contributed by atoms with Crippen molar-refractivity contribution >= 4 is 5.97 Å². The lowest BCUT2D eigenvalue weighted by Gasteiger charge is -2.32. The molecule has 98 valence electrons. The molecule has 0 amide bonds. The summed E-state index contributed by atoms with van der Waals surface area (Å²) in [6, 6.07) is 2.48. The van der Waals surface area contributed by atoms with Gasteiger partial charge in [0.05, 0.1) is 0 Å². The minimum absolute atomic E-state index is 0.258.